The van der Waals surface area contributed by atoms with Crippen LogP contribution in [-0.2, 0) is 4.79 Å². The molecule has 0 saturated heterocycles. The fourth-order valence-electron chi connectivity index (χ4n) is 3.25. The minimum atomic E-state index is 0.221. The second-order valence-electron chi connectivity index (χ2n) is 6.89. The molecule has 2 rings (SSSR count). The smallest absolute Gasteiger partial charge is 0.143 e. The molecule has 0 saturated carbocycles. The topological polar surface area (TPSA) is 17.1 Å². The zero-order valence-electron chi connectivity index (χ0n) is 14.1. The highest BCUT2D eigenvalue weighted by molar-refractivity contribution is 5.86. The van der Waals surface area contributed by atoms with Crippen LogP contribution in [0, 0.1) is 12.3 Å². The van der Waals surface area contributed by atoms with Crippen LogP contribution in [0.4, 0.5) is 0 Å². The van der Waals surface area contributed by atoms with E-state index in [-0.39, 0.29) is 5.41 Å². The van der Waals surface area contributed by atoms with Crippen molar-refractivity contribution in [1.29, 1.82) is 0 Å². The summed E-state index contributed by atoms with van der Waals surface area (Å²) < 4.78 is 0. The Bertz CT molecular complexity index is 624. The lowest BCUT2D eigenvalue weighted by molar-refractivity contribution is -0.104. The minimum Gasteiger partial charge on any atom is -0.299 e. The highest BCUT2D eigenvalue weighted by Crippen LogP contribution is 2.41. The van der Waals surface area contributed by atoms with Crippen LogP contribution >= 0.6 is 0 Å². The van der Waals surface area contributed by atoms with Gasteiger partial charge in [-0.25, -0.2) is 0 Å². The number of benzene rings is 1. The number of aldehydes is 1. The Hall–Kier alpha value is -1.89. The number of rotatable bonds is 4. The van der Waals surface area contributed by atoms with Gasteiger partial charge in [-0.15, -0.1) is 0 Å². The van der Waals surface area contributed by atoms with Crippen LogP contribution in [0.2, 0.25) is 0 Å². The van der Waals surface area contributed by atoms with Crippen molar-refractivity contribution in [2.75, 3.05) is 0 Å². The molecule has 0 radical (unpaired) electrons. The zero-order valence-corrected chi connectivity index (χ0v) is 14.1. The number of carbonyl (C=O) groups excluding carboxylic acids is 1. The maximum Gasteiger partial charge on any atom is 0.143 e. The van der Waals surface area contributed by atoms with E-state index in [1.807, 2.05) is 0 Å². The first-order valence-electron chi connectivity index (χ1n) is 8.05. The first-order valence-corrected chi connectivity index (χ1v) is 8.05. The Balaban J connectivity index is 2.34. The highest BCUT2D eigenvalue weighted by atomic mass is 16.1. The van der Waals surface area contributed by atoms with Gasteiger partial charge in [-0.05, 0) is 61.3 Å². The quantitative estimate of drug-likeness (QED) is 0.398. The molecule has 1 aromatic rings. The summed E-state index contributed by atoms with van der Waals surface area (Å²) in [5.41, 5.74) is 6.39. The van der Waals surface area contributed by atoms with Gasteiger partial charge in [0.2, 0.25) is 0 Å². The first-order chi connectivity index (χ1) is 10.4. The molecule has 0 bridgehead atoms. The minimum absolute atomic E-state index is 0.221. The molecule has 1 aliphatic carbocycles. The highest BCUT2D eigenvalue weighted by Gasteiger charge is 2.26. The molecule has 0 unspecified atom stereocenters. The predicted octanol–water partition coefficient (Wildman–Crippen LogP) is 5.66. The molecule has 1 aliphatic rings. The third-order valence-corrected chi connectivity index (χ3v) is 4.60. The Kier molecular flexibility index (Phi) is 5.18. The van der Waals surface area contributed by atoms with E-state index >= 15 is 0 Å². The number of hydrogen-bond acceptors (Lipinski definition) is 1. The van der Waals surface area contributed by atoms with Gasteiger partial charge in [0, 0.05) is 0 Å². The summed E-state index contributed by atoms with van der Waals surface area (Å²) in [6.07, 6.45) is 10.5. The van der Waals surface area contributed by atoms with Gasteiger partial charge in [-0.2, -0.15) is 0 Å². The maximum absolute atomic E-state index is 11.0. The SMILES string of the molecule is CC1=C(C=CC(=CC=O)c2ccc(C)cc2)C(C)(C)CCC1. The summed E-state index contributed by atoms with van der Waals surface area (Å²) >= 11 is 0. The van der Waals surface area contributed by atoms with Crippen LogP contribution in [0.1, 0.15) is 51.2 Å². The van der Waals surface area contributed by atoms with Crippen molar-refractivity contribution >= 4 is 11.9 Å². The van der Waals surface area contributed by atoms with Gasteiger partial charge in [-0.1, -0.05) is 61.4 Å². The third-order valence-electron chi connectivity index (χ3n) is 4.60. The molecule has 0 amide bonds. The van der Waals surface area contributed by atoms with Crippen LogP contribution in [-0.4, -0.2) is 6.29 Å². The van der Waals surface area contributed by atoms with Gasteiger partial charge in [0.25, 0.3) is 0 Å². The number of aryl methyl sites for hydroxylation is 1. The second-order valence-corrected chi connectivity index (χ2v) is 6.89. The molecular formula is C21H26O. The van der Waals surface area contributed by atoms with E-state index in [9.17, 15) is 4.79 Å². The molecule has 0 heterocycles. The standard InChI is InChI=1S/C21H26O/c1-16-7-9-18(10-8-16)19(13-15-22)11-12-20-17(2)6-5-14-21(20,3)4/h7-13,15H,5-6,14H2,1-4H3. The van der Waals surface area contributed by atoms with Crippen LogP contribution < -0.4 is 0 Å². The van der Waals surface area contributed by atoms with E-state index < -0.39 is 0 Å². The van der Waals surface area contributed by atoms with E-state index in [1.165, 1.54) is 36.0 Å². The molecule has 0 atom stereocenters. The Morgan fingerprint density at radius 3 is 2.41 bits per heavy atom. The molecule has 0 fully saturated rings. The van der Waals surface area contributed by atoms with E-state index in [1.54, 1.807) is 6.08 Å². The molecule has 0 aromatic heterocycles. The molecule has 1 heteroatoms. The van der Waals surface area contributed by atoms with Crippen molar-refractivity contribution in [3.05, 3.63) is 64.8 Å². The van der Waals surface area contributed by atoms with Crippen molar-refractivity contribution in [2.24, 2.45) is 5.41 Å². The second kappa shape index (κ2) is 6.91. The Morgan fingerprint density at radius 1 is 1.14 bits per heavy atom. The third kappa shape index (κ3) is 3.85. The monoisotopic (exact) mass is 294 g/mol. The van der Waals surface area contributed by atoms with E-state index in [4.69, 9.17) is 0 Å². The summed E-state index contributed by atoms with van der Waals surface area (Å²) in [5, 5.41) is 0. The van der Waals surface area contributed by atoms with Gasteiger partial charge in [-0.3, -0.25) is 4.79 Å². The summed E-state index contributed by atoms with van der Waals surface area (Å²) in [4.78, 5) is 11.0. The molecule has 0 spiro atoms. The molecule has 1 aromatic carbocycles. The van der Waals surface area contributed by atoms with Crippen molar-refractivity contribution in [1.82, 2.24) is 0 Å². The largest absolute Gasteiger partial charge is 0.299 e. The average molecular weight is 294 g/mol. The molecular weight excluding hydrogens is 268 g/mol. The van der Waals surface area contributed by atoms with Gasteiger partial charge in [0.05, 0.1) is 0 Å². The van der Waals surface area contributed by atoms with Crippen molar-refractivity contribution in [2.45, 2.75) is 47.0 Å². The van der Waals surface area contributed by atoms with Crippen molar-refractivity contribution in [3.8, 4) is 0 Å². The molecule has 0 N–H and O–H groups in total. The zero-order chi connectivity index (χ0) is 16.2. The normalized spacial score (nSPS) is 18.8. The lowest BCUT2D eigenvalue weighted by Crippen LogP contribution is -2.19. The van der Waals surface area contributed by atoms with E-state index in [2.05, 4.69) is 64.1 Å². The molecule has 1 nitrogen and oxygen atoms in total. The van der Waals surface area contributed by atoms with Crippen LogP contribution in [0.15, 0.2) is 53.6 Å². The van der Waals surface area contributed by atoms with Crippen LogP contribution in [0.25, 0.3) is 5.57 Å². The molecule has 22 heavy (non-hydrogen) atoms. The van der Waals surface area contributed by atoms with E-state index in [0.29, 0.717) is 0 Å². The fraction of sp³-hybridized carbons (Fsp3) is 0.381. The average Bonchev–Trinajstić information content (AvgIpc) is 2.46. The Morgan fingerprint density at radius 2 is 1.82 bits per heavy atom. The van der Waals surface area contributed by atoms with Crippen molar-refractivity contribution in [3.63, 3.8) is 0 Å². The predicted molar refractivity (Wildman–Crippen MR) is 94.7 cm³/mol. The van der Waals surface area contributed by atoms with Crippen molar-refractivity contribution < 1.29 is 4.79 Å². The number of carbonyl (C=O) groups is 1. The van der Waals surface area contributed by atoms with Gasteiger partial charge >= 0.3 is 0 Å². The summed E-state index contributed by atoms with van der Waals surface area (Å²) in [7, 11) is 0. The number of allylic oxidation sites excluding steroid dienone is 6. The van der Waals surface area contributed by atoms with Crippen LogP contribution in [0.3, 0.4) is 0 Å². The summed E-state index contributed by atoms with van der Waals surface area (Å²) in [5.74, 6) is 0. The maximum atomic E-state index is 11.0. The summed E-state index contributed by atoms with van der Waals surface area (Å²) in [6.45, 7) is 8.92. The first kappa shape index (κ1) is 16.5. The Labute approximate surface area is 134 Å². The van der Waals surface area contributed by atoms with Gasteiger partial charge in [0.1, 0.15) is 6.29 Å². The van der Waals surface area contributed by atoms with Gasteiger partial charge < -0.3 is 0 Å². The summed E-state index contributed by atoms with van der Waals surface area (Å²) in [6, 6.07) is 8.30. The molecule has 0 aliphatic heterocycles. The van der Waals surface area contributed by atoms with E-state index in [0.717, 1.165) is 17.4 Å². The lowest BCUT2D eigenvalue weighted by atomic mass is 9.72. The number of hydrogen-bond donors (Lipinski definition) is 0. The lowest BCUT2D eigenvalue weighted by Gasteiger charge is -2.33. The fourth-order valence-corrected chi connectivity index (χ4v) is 3.25. The van der Waals surface area contributed by atoms with Crippen LogP contribution in [0.5, 0.6) is 0 Å². The molecule has 116 valence electrons. The van der Waals surface area contributed by atoms with Gasteiger partial charge in [0.15, 0.2) is 0 Å².